The Morgan fingerprint density at radius 2 is 1.70 bits per heavy atom. The molecule has 2 saturated heterocycles. The number of carbonyl (C=O) groups is 3. The molecule has 0 unspecified atom stereocenters. The largest absolute Gasteiger partial charge is 0.359 e. The van der Waals surface area contributed by atoms with Crippen molar-refractivity contribution in [3.63, 3.8) is 0 Å². The molecular formula is C23H33N4O3+. The van der Waals surface area contributed by atoms with E-state index in [2.05, 4.69) is 17.1 Å². The standard InChI is InChI=1S/C23H32N4O3/c1-2-25-13-15-26(16-14-25)20-10-6-5-9-19(20)24-21(28)11-12-27-22(29)17-7-3-4-8-18(17)23(27)30/h5-6,9-10,17-18H,2-4,7-8,11-16H2,1H3,(H,24,28)/p+1/t17-,18-/m1/s1. The first-order valence-electron chi connectivity index (χ1n) is 11.4. The molecule has 1 aromatic carbocycles. The van der Waals surface area contributed by atoms with Gasteiger partial charge in [0.15, 0.2) is 0 Å². The molecule has 0 radical (unpaired) electrons. The summed E-state index contributed by atoms with van der Waals surface area (Å²) in [7, 11) is 0. The molecule has 2 N–H and O–H groups in total. The molecule has 7 nitrogen and oxygen atoms in total. The number of imide groups is 1. The van der Waals surface area contributed by atoms with Crippen molar-refractivity contribution in [3.05, 3.63) is 24.3 Å². The van der Waals surface area contributed by atoms with Gasteiger partial charge >= 0.3 is 0 Å². The van der Waals surface area contributed by atoms with Gasteiger partial charge in [0.05, 0.1) is 55.9 Å². The first-order valence-corrected chi connectivity index (χ1v) is 11.4. The van der Waals surface area contributed by atoms with E-state index >= 15 is 0 Å². The molecule has 162 valence electrons. The summed E-state index contributed by atoms with van der Waals surface area (Å²) in [5, 5.41) is 3.01. The number of carbonyl (C=O) groups excluding carboxylic acids is 3. The second kappa shape index (κ2) is 9.16. The zero-order valence-corrected chi connectivity index (χ0v) is 17.9. The summed E-state index contributed by atoms with van der Waals surface area (Å²) in [5.41, 5.74) is 1.84. The second-order valence-electron chi connectivity index (χ2n) is 8.73. The van der Waals surface area contributed by atoms with Crippen LogP contribution in [0, 0.1) is 11.8 Å². The first kappa shape index (κ1) is 20.8. The van der Waals surface area contributed by atoms with E-state index < -0.39 is 0 Å². The Morgan fingerprint density at radius 1 is 1.07 bits per heavy atom. The van der Waals surface area contributed by atoms with Gasteiger partial charge in [-0.2, -0.15) is 0 Å². The first-order chi connectivity index (χ1) is 14.6. The van der Waals surface area contributed by atoms with Crippen molar-refractivity contribution in [1.82, 2.24) is 4.90 Å². The highest BCUT2D eigenvalue weighted by molar-refractivity contribution is 6.05. The number of likely N-dealkylation sites (tertiary alicyclic amines) is 1. The van der Waals surface area contributed by atoms with Gasteiger partial charge in [0.1, 0.15) is 0 Å². The maximum Gasteiger partial charge on any atom is 0.233 e. The minimum Gasteiger partial charge on any atom is -0.359 e. The molecule has 7 heteroatoms. The predicted molar refractivity (Wildman–Crippen MR) is 115 cm³/mol. The van der Waals surface area contributed by atoms with Crippen LogP contribution in [-0.4, -0.2) is 61.9 Å². The summed E-state index contributed by atoms with van der Waals surface area (Å²) in [6.07, 6.45) is 3.77. The van der Waals surface area contributed by atoms with Crippen LogP contribution in [0.15, 0.2) is 24.3 Å². The van der Waals surface area contributed by atoms with Crippen LogP contribution in [0.2, 0.25) is 0 Å². The molecule has 0 spiro atoms. The zero-order valence-electron chi connectivity index (χ0n) is 17.9. The fourth-order valence-corrected chi connectivity index (χ4v) is 5.15. The van der Waals surface area contributed by atoms with Crippen LogP contribution in [0.3, 0.4) is 0 Å². The number of benzene rings is 1. The van der Waals surface area contributed by atoms with Gasteiger partial charge in [-0.3, -0.25) is 19.3 Å². The monoisotopic (exact) mass is 413 g/mol. The lowest BCUT2D eigenvalue weighted by Crippen LogP contribution is -3.14. The van der Waals surface area contributed by atoms with Crippen LogP contribution < -0.4 is 15.1 Å². The Bertz CT molecular complexity index is 779. The van der Waals surface area contributed by atoms with Crippen molar-refractivity contribution in [2.45, 2.75) is 39.0 Å². The zero-order chi connectivity index (χ0) is 21.1. The maximum atomic E-state index is 12.6. The van der Waals surface area contributed by atoms with Crippen molar-refractivity contribution in [3.8, 4) is 0 Å². The number of amides is 3. The third kappa shape index (κ3) is 4.21. The van der Waals surface area contributed by atoms with Crippen LogP contribution in [0.25, 0.3) is 0 Å². The van der Waals surface area contributed by atoms with E-state index in [1.807, 2.05) is 24.3 Å². The van der Waals surface area contributed by atoms with Gasteiger partial charge in [0.2, 0.25) is 17.7 Å². The molecule has 2 heterocycles. The van der Waals surface area contributed by atoms with E-state index in [9.17, 15) is 14.4 Å². The highest BCUT2D eigenvalue weighted by Crippen LogP contribution is 2.38. The highest BCUT2D eigenvalue weighted by atomic mass is 16.2. The van der Waals surface area contributed by atoms with Crippen LogP contribution in [-0.2, 0) is 14.4 Å². The Kier molecular flexibility index (Phi) is 6.37. The van der Waals surface area contributed by atoms with Crippen molar-refractivity contribution in [2.75, 3.05) is 49.5 Å². The number of para-hydroxylation sites is 2. The second-order valence-corrected chi connectivity index (χ2v) is 8.73. The predicted octanol–water partition coefficient (Wildman–Crippen LogP) is 0.915. The fraction of sp³-hybridized carbons (Fsp3) is 0.609. The molecule has 3 fully saturated rings. The number of piperazine rings is 1. The summed E-state index contributed by atoms with van der Waals surface area (Å²) in [6, 6.07) is 7.88. The smallest absolute Gasteiger partial charge is 0.233 e. The van der Waals surface area contributed by atoms with Gasteiger partial charge in [0.25, 0.3) is 0 Å². The van der Waals surface area contributed by atoms with Crippen LogP contribution >= 0.6 is 0 Å². The molecule has 4 rings (SSSR count). The lowest BCUT2D eigenvalue weighted by molar-refractivity contribution is -0.898. The average Bonchev–Trinajstić information content (AvgIpc) is 3.03. The minimum atomic E-state index is -0.157. The van der Waals surface area contributed by atoms with Gasteiger partial charge in [0, 0.05) is 13.0 Å². The lowest BCUT2D eigenvalue weighted by Gasteiger charge is -2.34. The Balaban J connectivity index is 1.35. The summed E-state index contributed by atoms with van der Waals surface area (Å²) in [5.74, 6) is -0.614. The quantitative estimate of drug-likeness (QED) is 0.680. The molecule has 1 aliphatic carbocycles. The number of nitrogens with zero attached hydrogens (tertiary/aromatic N) is 2. The SMILES string of the molecule is CC[NH+]1CCN(c2ccccc2NC(=O)CCN2C(=O)[C@@H]3CCCC[C@H]3C2=O)CC1. The van der Waals surface area contributed by atoms with Gasteiger partial charge in [-0.1, -0.05) is 25.0 Å². The molecule has 3 aliphatic rings. The van der Waals surface area contributed by atoms with Crippen molar-refractivity contribution < 1.29 is 19.3 Å². The summed E-state index contributed by atoms with van der Waals surface area (Å²) < 4.78 is 0. The molecule has 2 atom stereocenters. The van der Waals surface area contributed by atoms with Gasteiger partial charge in [-0.15, -0.1) is 0 Å². The van der Waals surface area contributed by atoms with E-state index in [1.165, 1.54) is 4.90 Å². The number of quaternary nitrogens is 1. The Morgan fingerprint density at radius 3 is 2.33 bits per heavy atom. The van der Waals surface area contributed by atoms with Gasteiger partial charge < -0.3 is 15.1 Å². The molecular weight excluding hydrogens is 380 g/mol. The normalized spacial score (nSPS) is 24.8. The molecule has 2 aliphatic heterocycles. The van der Waals surface area contributed by atoms with Crippen LogP contribution in [0.5, 0.6) is 0 Å². The maximum absolute atomic E-state index is 12.6. The summed E-state index contributed by atoms with van der Waals surface area (Å²) in [4.78, 5) is 43.1. The number of hydrogen-bond acceptors (Lipinski definition) is 4. The average molecular weight is 414 g/mol. The van der Waals surface area contributed by atoms with Crippen LogP contribution in [0.4, 0.5) is 11.4 Å². The lowest BCUT2D eigenvalue weighted by atomic mass is 9.81. The van der Waals surface area contributed by atoms with Gasteiger partial charge in [-0.05, 0) is 31.9 Å². The third-order valence-electron chi connectivity index (χ3n) is 6.98. The van der Waals surface area contributed by atoms with Crippen molar-refractivity contribution in [1.29, 1.82) is 0 Å². The van der Waals surface area contributed by atoms with Gasteiger partial charge in [-0.25, -0.2) is 0 Å². The number of rotatable bonds is 6. The van der Waals surface area contributed by atoms with Crippen LogP contribution in [0.1, 0.15) is 39.0 Å². The summed E-state index contributed by atoms with van der Waals surface area (Å²) in [6.45, 7) is 7.66. The molecule has 3 amide bonds. The van der Waals surface area contributed by atoms with E-state index in [1.54, 1.807) is 4.90 Å². The van der Waals surface area contributed by atoms with E-state index in [0.717, 1.165) is 69.8 Å². The fourth-order valence-electron chi connectivity index (χ4n) is 5.15. The Labute approximate surface area is 178 Å². The van der Waals surface area contributed by atoms with Crippen molar-refractivity contribution >= 4 is 29.1 Å². The number of hydrogen-bond donors (Lipinski definition) is 2. The van der Waals surface area contributed by atoms with E-state index in [4.69, 9.17) is 0 Å². The topological polar surface area (TPSA) is 74.2 Å². The van der Waals surface area contributed by atoms with E-state index in [-0.39, 0.29) is 42.5 Å². The Hall–Kier alpha value is -2.41. The number of nitrogens with one attached hydrogen (secondary N) is 2. The molecule has 1 saturated carbocycles. The van der Waals surface area contributed by atoms with Crippen molar-refractivity contribution in [2.24, 2.45) is 11.8 Å². The molecule has 0 aromatic heterocycles. The minimum absolute atomic E-state index is 0.0748. The molecule has 30 heavy (non-hydrogen) atoms. The molecule has 0 bridgehead atoms. The number of likely N-dealkylation sites (N-methyl/N-ethyl adjacent to an activating group) is 1. The number of fused-ring (bicyclic) bond motifs is 1. The summed E-state index contributed by atoms with van der Waals surface area (Å²) >= 11 is 0. The number of anilines is 2. The third-order valence-corrected chi connectivity index (χ3v) is 6.98. The molecule has 1 aromatic rings. The highest BCUT2D eigenvalue weighted by Gasteiger charge is 2.47. The van der Waals surface area contributed by atoms with E-state index in [0.29, 0.717) is 0 Å².